The minimum atomic E-state index is -1.41. The van der Waals surface area contributed by atoms with E-state index in [9.17, 15) is 4.79 Å². The summed E-state index contributed by atoms with van der Waals surface area (Å²) in [6.07, 6.45) is -1.41. The minimum Gasteiger partial charge on any atom is -0.481 e. The zero-order valence-corrected chi connectivity index (χ0v) is 7.41. The van der Waals surface area contributed by atoms with Gasteiger partial charge in [0.25, 0.3) is 0 Å². The third-order valence-corrected chi connectivity index (χ3v) is 1.35. The highest BCUT2D eigenvalue weighted by atomic mass is 35.5. The minimum absolute atomic E-state index is 0.0735. The largest absolute Gasteiger partial charge is 0.511 e. The van der Waals surface area contributed by atoms with E-state index in [1.54, 1.807) is 0 Å². The molecule has 0 aromatic carbocycles. The number of ether oxygens (including phenoxy) is 2. The van der Waals surface area contributed by atoms with Crippen LogP contribution in [0.4, 0.5) is 4.79 Å². The van der Waals surface area contributed by atoms with E-state index in [-0.39, 0.29) is 16.8 Å². The van der Waals surface area contributed by atoms with Crippen molar-refractivity contribution >= 4 is 17.8 Å². The molecule has 0 amide bonds. The molecule has 13 heavy (non-hydrogen) atoms. The van der Waals surface area contributed by atoms with Crippen LogP contribution < -0.4 is 9.47 Å². The second-order valence-electron chi connectivity index (χ2n) is 2.04. The summed E-state index contributed by atoms with van der Waals surface area (Å²) in [6, 6.07) is 2.60. The van der Waals surface area contributed by atoms with Crippen molar-refractivity contribution in [2.24, 2.45) is 0 Å². The molecular formula is C7H6ClNO4. The average Bonchev–Trinajstić information content (AvgIpc) is 2.01. The number of nitrogens with zero attached hydrogens (tertiary/aromatic N) is 1. The van der Waals surface area contributed by atoms with Crippen molar-refractivity contribution in [1.29, 1.82) is 0 Å². The number of methoxy groups -OCH3 is 1. The van der Waals surface area contributed by atoms with Gasteiger partial charge in [0.05, 0.1) is 7.11 Å². The molecule has 0 radical (unpaired) electrons. The Hall–Kier alpha value is -1.49. The maximum Gasteiger partial charge on any atom is 0.511 e. The van der Waals surface area contributed by atoms with Gasteiger partial charge in [0.2, 0.25) is 5.88 Å². The number of carboxylic acid groups (broad SMARTS) is 1. The van der Waals surface area contributed by atoms with Crippen LogP contribution in [-0.4, -0.2) is 23.4 Å². The fourth-order valence-electron chi connectivity index (χ4n) is 0.715. The predicted octanol–water partition coefficient (Wildman–Crippen LogP) is 1.80. The maximum absolute atomic E-state index is 10.2. The summed E-state index contributed by atoms with van der Waals surface area (Å²) in [4.78, 5) is 13.9. The Morgan fingerprint density at radius 3 is 2.85 bits per heavy atom. The lowest BCUT2D eigenvalue weighted by Crippen LogP contribution is -2.03. The van der Waals surface area contributed by atoms with Crippen LogP contribution in [-0.2, 0) is 0 Å². The summed E-state index contributed by atoms with van der Waals surface area (Å²) in [5, 5.41) is 8.40. The first-order valence-corrected chi connectivity index (χ1v) is 3.62. The molecule has 0 saturated carbocycles. The molecule has 0 bridgehead atoms. The highest BCUT2D eigenvalue weighted by molar-refractivity contribution is 6.29. The van der Waals surface area contributed by atoms with Crippen molar-refractivity contribution in [3.05, 3.63) is 17.3 Å². The molecule has 0 aliphatic carbocycles. The van der Waals surface area contributed by atoms with Crippen molar-refractivity contribution in [2.45, 2.75) is 0 Å². The summed E-state index contributed by atoms with van der Waals surface area (Å²) in [5.41, 5.74) is 0. The summed E-state index contributed by atoms with van der Waals surface area (Å²) in [5.74, 6) is 0.271. The second kappa shape index (κ2) is 3.95. The number of hydrogen-bond donors (Lipinski definition) is 1. The van der Waals surface area contributed by atoms with Crippen molar-refractivity contribution in [3.63, 3.8) is 0 Å². The number of carbonyl (C=O) groups is 1. The van der Waals surface area contributed by atoms with E-state index in [0.717, 1.165) is 0 Å². The van der Waals surface area contributed by atoms with Gasteiger partial charge in [-0.1, -0.05) is 11.6 Å². The molecule has 6 heteroatoms. The Bertz CT molecular complexity index is 328. The highest BCUT2D eigenvalue weighted by Gasteiger charge is 2.05. The smallest absolute Gasteiger partial charge is 0.481 e. The van der Waals surface area contributed by atoms with E-state index >= 15 is 0 Å². The molecule has 1 heterocycles. The Morgan fingerprint density at radius 1 is 1.62 bits per heavy atom. The molecule has 0 fully saturated rings. The van der Waals surface area contributed by atoms with Gasteiger partial charge < -0.3 is 14.6 Å². The van der Waals surface area contributed by atoms with E-state index in [0.29, 0.717) is 0 Å². The molecule has 0 spiro atoms. The molecule has 1 aromatic rings. The Kier molecular flexibility index (Phi) is 2.92. The molecule has 1 rings (SSSR count). The molecule has 0 aliphatic heterocycles. The first kappa shape index (κ1) is 9.60. The predicted molar refractivity (Wildman–Crippen MR) is 44.5 cm³/mol. The normalized spacial score (nSPS) is 9.38. The third-order valence-electron chi connectivity index (χ3n) is 1.16. The van der Waals surface area contributed by atoms with E-state index in [4.69, 9.17) is 21.4 Å². The number of hydrogen-bond acceptors (Lipinski definition) is 4. The number of aromatic nitrogens is 1. The summed E-state index contributed by atoms with van der Waals surface area (Å²) >= 11 is 5.55. The summed E-state index contributed by atoms with van der Waals surface area (Å²) < 4.78 is 9.10. The molecule has 0 saturated heterocycles. The van der Waals surface area contributed by atoms with Gasteiger partial charge in [0.1, 0.15) is 10.9 Å². The van der Waals surface area contributed by atoms with Gasteiger partial charge >= 0.3 is 6.16 Å². The van der Waals surface area contributed by atoms with Crippen LogP contribution in [0.3, 0.4) is 0 Å². The van der Waals surface area contributed by atoms with Crippen molar-refractivity contribution < 1.29 is 19.4 Å². The van der Waals surface area contributed by atoms with Crippen LogP contribution in [0.25, 0.3) is 0 Å². The van der Waals surface area contributed by atoms with Crippen LogP contribution >= 0.6 is 11.6 Å². The lowest BCUT2D eigenvalue weighted by atomic mass is 10.4. The van der Waals surface area contributed by atoms with Gasteiger partial charge in [0.15, 0.2) is 0 Å². The molecule has 5 nitrogen and oxygen atoms in total. The van der Waals surface area contributed by atoms with Crippen molar-refractivity contribution in [1.82, 2.24) is 4.98 Å². The first-order valence-electron chi connectivity index (χ1n) is 3.24. The Morgan fingerprint density at radius 2 is 2.31 bits per heavy atom. The molecule has 0 unspecified atom stereocenters. The van der Waals surface area contributed by atoms with Gasteiger partial charge in [-0.2, -0.15) is 0 Å². The van der Waals surface area contributed by atoms with Crippen LogP contribution in [0.15, 0.2) is 12.1 Å². The number of pyridine rings is 1. The first-order chi connectivity index (χ1) is 6.11. The van der Waals surface area contributed by atoms with E-state index in [2.05, 4.69) is 9.72 Å². The van der Waals surface area contributed by atoms with Crippen LogP contribution in [0.5, 0.6) is 11.6 Å². The summed E-state index contributed by atoms with van der Waals surface area (Å²) in [6.45, 7) is 0. The van der Waals surface area contributed by atoms with E-state index < -0.39 is 6.16 Å². The van der Waals surface area contributed by atoms with E-state index in [1.165, 1.54) is 19.2 Å². The Balaban J connectivity index is 2.94. The lowest BCUT2D eigenvalue weighted by Gasteiger charge is -2.02. The monoisotopic (exact) mass is 203 g/mol. The van der Waals surface area contributed by atoms with Crippen LogP contribution in [0.1, 0.15) is 0 Å². The quantitative estimate of drug-likeness (QED) is 0.586. The zero-order chi connectivity index (χ0) is 9.84. The molecule has 0 aliphatic rings. The molecule has 0 atom stereocenters. The number of rotatable bonds is 2. The molecule has 1 N–H and O–H groups in total. The standard InChI is InChI=1S/C7H6ClNO4/c1-12-6-3-4(13-7(10)11)2-5(8)9-6/h2-3H,1H3,(H,10,11). The second-order valence-corrected chi connectivity index (χ2v) is 2.42. The zero-order valence-electron chi connectivity index (χ0n) is 6.65. The van der Waals surface area contributed by atoms with Gasteiger partial charge in [-0.05, 0) is 0 Å². The highest BCUT2D eigenvalue weighted by Crippen LogP contribution is 2.21. The number of halogens is 1. The molecule has 70 valence electrons. The lowest BCUT2D eigenvalue weighted by molar-refractivity contribution is 0.144. The Labute approximate surface area is 78.9 Å². The average molecular weight is 204 g/mol. The topological polar surface area (TPSA) is 68.7 Å². The fraction of sp³-hybridized carbons (Fsp3) is 0.143. The molecule has 1 aromatic heterocycles. The van der Waals surface area contributed by atoms with Gasteiger partial charge in [-0.25, -0.2) is 9.78 Å². The van der Waals surface area contributed by atoms with Crippen LogP contribution in [0.2, 0.25) is 5.15 Å². The van der Waals surface area contributed by atoms with Gasteiger partial charge in [0, 0.05) is 12.1 Å². The third kappa shape index (κ3) is 2.79. The van der Waals surface area contributed by atoms with Gasteiger partial charge in [-0.15, -0.1) is 0 Å². The summed E-state index contributed by atoms with van der Waals surface area (Å²) in [7, 11) is 1.39. The molecular weight excluding hydrogens is 198 g/mol. The van der Waals surface area contributed by atoms with Crippen LogP contribution in [0, 0.1) is 0 Å². The van der Waals surface area contributed by atoms with Crippen molar-refractivity contribution in [2.75, 3.05) is 7.11 Å². The SMILES string of the molecule is COc1cc(OC(=O)O)cc(Cl)n1. The van der Waals surface area contributed by atoms with Crippen molar-refractivity contribution in [3.8, 4) is 11.6 Å². The maximum atomic E-state index is 10.2. The van der Waals surface area contributed by atoms with Gasteiger partial charge in [-0.3, -0.25) is 0 Å². The van der Waals surface area contributed by atoms with E-state index in [1.807, 2.05) is 0 Å². The fourth-order valence-corrected chi connectivity index (χ4v) is 0.906.